The van der Waals surface area contributed by atoms with Gasteiger partial charge >= 0.3 is 0 Å². The van der Waals surface area contributed by atoms with E-state index in [1.54, 1.807) is 23.4 Å². The Morgan fingerprint density at radius 2 is 1.79 bits per heavy atom. The van der Waals surface area contributed by atoms with E-state index in [1.807, 2.05) is 44.2 Å². The van der Waals surface area contributed by atoms with Crippen molar-refractivity contribution in [3.05, 3.63) is 71.3 Å². The lowest BCUT2D eigenvalue weighted by atomic mass is 10.1. The van der Waals surface area contributed by atoms with Crippen molar-refractivity contribution in [1.82, 2.24) is 24.9 Å². The third-order valence-electron chi connectivity index (χ3n) is 4.56. The fourth-order valence-electron chi connectivity index (χ4n) is 3.06. The number of para-hydroxylation sites is 1. The molecule has 0 saturated carbocycles. The second-order valence-electron chi connectivity index (χ2n) is 6.49. The predicted molar refractivity (Wildman–Crippen MR) is 106 cm³/mol. The SMILES string of the molecule is CCN(CCc1ccc(C)c(C(C)=O)n1)C(=O)c1ccccc1-n1nccn1. The highest BCUT2D eigenvalue weighted by Crippen LogP contribution is 2.16. The molecule has 3 rings (SSSR count). The van der Waals surface area contributed by atoms with Crippen molar-refractivity contribution in [2.45, 2.75) is 27.2 Å². The van der Waals surface area contributed by atoms with Gasteiger partial charge in [-0.05, 0) is 37.6 Å². The Kier molecular flexibility index (Phi) is 5.93. The molecule has 0 N–H and O–H groups in total. The monoisotopic (exact) mass is 377 g/mol. The first kappa shape index (κ1) is 19.4. The molecule has 1 aromatic carbocycles. The molecule has 0 bridgehead atoms. The summed E-state index contributed by atoms with van der Waals surface area (Å²) in [6.07, 6.45) is 3.73. The molecule has 0 aliphatic carbocycles. The zero-order valence-electron chi connectivity index (χ0n) is 16.3. The maximum absolute atomic E-state index is 13.1. The van der Waals surface area contributed by atoms with Gasteiger partial charge in [-0.2, -0.15) is 15.0 Å². The number of rotatable bonds is 7. The standard InChI is InChI=1S/C21H23N5O2/c1-4-25(14-11-17-10-9-15(2)20(24-17)16(3)27)21(28)18-7-5-6-8-19(18)26-22-12-13-23-26/h5-10,12-13H,4,11,14H2,1-3H3. The van der Waals surface area contributed by atoms with Gasteiger partial charge in [-0.25, -0.2) is 4.98 Å². The van der Waals surface area contributed by atoms with E-state index in [-0.39, 0.29) is 11.7 Å². The van der Waals surface area contributed by atoms with Crippen molar-refractivity contribution >= 4 is 11.7 Å². The summed E-state index contributed by atoms with van der Waals surface area (Å²) in [6, 6.07) is 11.1. The lowest BCUT2D eigenvalue weighted by Crippen LogP contribution is -2.33. The van der Waals surface area contributed by atoms with Crippen LogP contribution < -0.4 is 0 Å². The number of hydrogen-bond donors (Lipinski definition) is 0. The van der Waals surface area contributed by atoms with Gasteiger partial charge in [-0.15, -0.1) is 0 Å². The lowest BCUT2D eigenvalue weighted by Gasteiger charge is -2.22. The van der Waals surface area contributed by atoms with E-state index in [2.05, 4.69) is 15.2 Å². The number of likely N-dealkylation sites (N-methyl/N-ethyl adjacent to an activating group) is 1. The maximum atomic E-state index is 13.1. The summed E-state index contributed by atoms with van der Waals surface area (Å²) in [5, 5.41) is 8.27. The fourth-order valence-corrected chi connectivity index (χ4v) is 3.06. The van der Waals surface area contributed by atoms with Crippen LogP contribution in [0.5, 0.6) is 0 Å². The Morgan fingerprint density at radius 1 is 1.07 bits per heavy atom. The first-order chi connectivity index (χ1) is 13.5. The Bertz CT molecular complexity index is 982. The molecule has 0 radical (unpaired) electrons. The molecular weight excluding hydrogens is 354 g/mol. The number of Topliss-reactive ketones (excluding diaryl/α,β-unsaturated/α-hetero) is 1. The number of nitrogens with zero attached hydrogens (tertiary/aromatic N) is 5. The van der Waals surface area contributed by atoms with Gasteiger partial charge in [-0.1, -0.05) is 18.2 Å². The largest absolute Gasteiger partial charge is 0.338 e. The molecule has 0 aliphatic rings. The number of hydrogen-bond acceptors (Lipinski definition) is 5. The highest BCUT2D eigenvalue weighted by molar-refractivity contribution is 5.97. The van der Waals surface area contributed by atoms with E-state index >= 15 is 0 Å². The van der Waals surface area contributed by atoms with Gasteiger partial charge in [0.25, 0.3) is 5.91 Å². The van der Waals surface area contributed by atoms with Gasteiger partial charge in [0.1, 0.15) is 5.69 Å². The van der Waals surface area contributed by atoms with Crippen LogP contribution in [0.15, 0.2) is 48.8 Å². The number of carbonyl (C=O) groups excluding carboxylic acids is 2. The third kappa shape index (κ3) is 4.14. The molecule has 7 nitrogen and oxygen atoms in total. The van der Waals surface area contributed by atoms with Gasteiger partial charge in [-0.3, -0.25) is 9.59 Å². The van der Waals surface area contributed by atoms with Crippen LogP contribution in [0.1, 0.15) is 46.0 Å². The van der Waals surface area contributed by atoms with Crippen LogP contribution in [-0.4, -0.2) is 49.7 Å². The Hall–Kier alpha value is -3.35. The molecular formula is C21H23N5O2. The summed E-state index contributed by atoms with van der Waals surface area (Å²) in [4.78, 5) is 32.5. The van der Waals surface area contributed by atoms with Crippen LogP contribution in [0.25, 0.3) is 5.69 Å². The van der Waals surface area contributed by atoms with Gasteiger partial charge in [0, 0.05) is 32.1 Å². The normalized spacial score (nSPS) is 10.7. The number of pyridine rings is 1. The molecule has 0 saturated heterocycles. The second kappa shape index (κ2) is 8.56. The number of aromatic nitrogens is 4. The van der Waals surface area contributed by atoms with E-state index in [0.29, 0.717) is 36.5 Å². The summed E-state index contributed by atoms with van der Waals surface area (Å²) in [5.41, 5.74) is 3.33. The zero-order valence-corrected chi connectivity index (χ0v) is 16.3. The van der Waals surface area contributed by atoms with Crippen molar-refractivity contribution in [2.75, 3.05) is 13.1 Å². The minimum absolute atomic E-state index is 0.0524. The maximum Gasteiger partial charge on any atom is 0.256 e. The molecule has 28 heavy (non-hydrogen) atoms. The minimum Gasteiger partial charge on any atom is -0.338 e. The number of ketones is 1. The summed E-state index contributed by atoms with van der Waals surface area (Å²) >= 11 is 0. The van der Waals surface area contributed by atoms with E-state index in [0.717, 1.165) is 11.3 Å². The van der Waals surface area contributed by atoms with Gasteiger partial charge in [0.2, 0.25) is 0 Å². The molecule has 0 aliphatic heterocycles. The Morgan fingerprint density at radius 3 is 2.46 bits per heavy atom. The Labute approximate surface area is 164 Å². The second-order valence-corrected chi connectivity index (χ2v) is 6.49. The highest BCUT2D eigenvalue weighted by Gasteiger charge is 2.19. The summed E-state index contributed by atoms with van der Waals surface area (Å²) in [5.74, 6) is -0.141. The molecule has 0 spiro atoms. The quantitative estimate of drug-likeness (QED) is 0.592. The number of benzene rings is 1. The third-order valence-corrected chi connectivity index (χ3v) is 4.56. The smallest absolute Gasteiger partial charge is 0.256 e. The van der Waals surface area contributed by atoms with Crippen molar-refractivity contribution in [3.8, 4) is 5.69 Å². The summed E-state index contributed by atoms with van der Waals surface area (Å²) in [6.45, 7) is 6.39. The Balaban J connectivity index is 1.79. The lowest BCUT2D eigenvalue weighted by molar-refractivity contribution is 0.0765. The van der Waals surface area contributed by atoms with Crippen LogP contribution >= 0.6 is 0 Å². The summed E-state index contributed by atoms with van der Waals surface area (Å²) in [7, 11) is 0. The average Bonchev–Trinajstić information content (AvgIpc) is 3.24. The first-order valence-corrected chi connectivity index (χ1v) is 9.23. The molecule has 144 valence electrons. The van der Waals surface area contributed by atoms with Crippen LogP contribution in [-0.2, 0) is 6.42 Å². The molecule has 0 atom stereocenters. The minimum atomic E-state index is -0.0886. The van der Waals surface area contributed by atoms with Crippen LogP contribution in [0, 0.1) is 6.92 Å². The number of aryl methyl sites for hydroxylation is 1. The van der Waals surface area contributed by atoms with E-state index in [1.165, 1.54) is 11.7 Å². The van der Waals surface area contributed by atoms with Gasteiger partial charge in [0.05, 0.1) is 23.6 Å². The van der Waals surface area contributed by atoms with E-state index in [4.69, 9.17) is 0 Å². The van der Waals surface area contributed by atoms with Crippen molar-refractivity contribution in [3.63, 3.8) is 0 Å². The molecule has 2 heterocycles. The molecule has 3 aromatic rings. The molecule has 0 unspecified atom stereocenters. The van der Waals surface area contributed by atoms with Gasteiger partial charge in [0.15, 0.2) is 5.78 Å². The van der Waals surface area contributed by atoms with Crippen molar-refractivity contribution in [1.29, 1.82) is 0 Å². The highest BCUT2D eigenvalue weighted by atomic mass is 16.2. The molecule has 0 fully saturated rings. The fraction of sp³-hybridized carbons (Fsp3) is 0.286. The first-order valence-electron chi connectivity index (χ1n) is 9.23. The van der Waals surface area contributed by atoms with Gasteiger partial charge < -0.3 is 4.90 Å². The predicted octanol–water partition coefficient (Wildman–Crippen LogP) is 2.88. The summed E-state index contributed by atoms with van der Waals surface area (Å²) < 4.78 is 0. The topological polar surface area (TPSA) is 81.0 Å². The van der Waals surface area contributed by atoms with Crippen LogP contribution in [0.3, 0.4) is 0 Å². The average molecular weight is 377 g/mol. The van der Waals surface area contributed by atoms with E-state index in [9.17, 15) is 9.59 Å². The molecule has 1 amide bonds. The zero-order chi connectivity index (χ0) is 20.1. The van der Waals surface area contributed by atoms with Crippen molar-refractivity contribution in [2.24, 2.45) is 0 Å². The molecule has 7 heteroatoms. The van der Waals surface area contributed by atoms with Crippen molar-refractivity contribution < 1.29 is 9.59 Å². The van der Waals surface area contributed by atoms with Crippen LogP contribution in [0.2, 0.25) is 0 Å². The number of carbonyl (C=O) groups is 2. The number of amides is 1. The van der Waals surface area contributed by atoms with Crippen LogP contribution in [0.4, 0.5) is 0 Å². The van der Waals surface area contributed by atoms with E-state index < -0.39 is 0 Å². The molecule has 2 aromatic heterocycles.